The van der Waals surface area contributed by atoms with Gasteiger partial charge in [0.15, 0.2) is 11.7 Å². The van der Waals surface area contributed by atoms with E-state index in [0.717, 1.165) is 5.75 Å². The molecule has 0 radical (unpaired) electrons. The molecule has 0 atom stereocenters. The largest absolute Gasteiger partial charge is 0.484 e. The lowest BCUT2D eigenvalue weighted by atomic mass is 10.4. The number of aromatic nitrogens is 2. The quantitative estimate of drug-likeness (QED) is 0.742. The smallest absolute Gasteiger partial charge is 0.191 e. The van der Waals surface area contributed by atoms with Crippen molar-refractivity contribution < 1.29 is 9.15 Å². The topological polar surface area (TPSA) is 48.2 Å². The first-order chi connectivity index (χ1) is 6.84. The minimum Gasteiger partial charge on any atom is -0.484 e. The Hall–Kier alpha value is -1.84. The molecule has 0 amide bonds. The maximum atomic E-state index is 5.41. The van der Waals surface area contributed by atoms with E-state index in [1.807, 2.05) is 12.1 Å². The van der Waals surface area contributed by atoms with Crippen LogP contribution in [0.5, 0.6) is 5.75 Å². The number of rotatable bonds is 3. The summed E-state index contributed by atoms with van der Waals surface area (Å²) in [4.78, 5) is 7.90. The van der Waals surface area contributed by atoms with E-state index in [9.17, 15) is 0 Å². The van der Waals surface area contributed by atoms with Crippen LogP contribution in [0.4, 0.5) is 0 Å². The van der Waals surface area contributed by atoms with Gasteiger partial charge in [-0.1, -0.05) is 0 Å². The molecule has 4 nitrogen and oxygen atoms in total. The first-order valence-corrected chi connectivity index (χ1v) is 4.29. The molecule has 0 aliphatic heterocycles. The normalized spacial score (nSPS) is 10.1. The van der Waals surface area contributed by atoms with Gasteiger partial charge in [0.1, 0.15) is 12.4 Å². The zero-order valence-electron chi connectivity index (χ0n) is 7.80. The summed E-state index contributed by atoms with van der Waals surface area (Å²) in [6, 6.07) is 3.66. The molecular formula is C10H10N2O2. The fraction of sp³-hybridized carbons (Fsp3) is 0.200. The second-order valence-electron chi connectivity index (χ2n) is 2.82. The number of hydrogen-bond acceptors (Lipinski definition) is 4. The number of oxazole rings is 1. The van der Waals surface area contributed by atoms with Gasteiger partial charge in [-0.25, -0.2) is 4.98 Å². The highest BCUT2D eigenvalue weighted by molar-refractivity contribution is 5.15. The van der Waals surface area contributed by atoms with Crippen LogP contribution >= 0.6 is 0 Å². The maximum Gasteiger partial charge on any atom is 0.191 e. The molecule has 0 aliphatic carbocycles. The van der Waals surface area contributed by atoms with Crippen LogP contribution < -0.4 is 4.74 Å². The Morgan fingerprint density at radius 2 is 2.36 bits per heavy atom. The first kappa shape index (κ1) is 8.74. The molecule has 0 N–H and O–H groups in total. The summed E-state index contributed by atoms with van der Waals surface area (Å²) >= 11 is 0. The second kappa shape index (κ2) is 3.91. The Morgan fingerprint density at radius 3 is 3.00 bits per heavy atom. The zero-order chi connectivity index (χ0) is 9.80. The minimum atomic E-state index is 0.381. The van der Waals surface area contributed by atoms with E-state index in [4.69, 9.17) is 9.15 Å². The maximum absolute atomic E-state index is 5.41. The summed E-state index contributed by atoms with van der Waals surface area (Å²) in [5.74, 6) is 2.09. The van der Waals surface area contributed by atoms with Gasteiger partial charge in [0.25, 0.3) is 0 Å². The van der Waals surface area contributed by atoms with Gasteiger partial charge in [-0.15, -0.1) is 0 Å². The molecule has 0 unspecified atom stereocenters. The molecule has 0 bridgehead atoms. The van der Waals surface area contributed by atoms with Crippen LogP contribution in [0, 0.1) is 6.92 Å². The van der Waals surface area contributed by atoms with Crippen LogP contribution in [0.3, 0.4) is 0 Å². The van der Waals surface area contributed by atoms with Crippen molar-refractivity contribution in [3.8, 4) is 5.75 Å². The molecule has 4 heteroatoms. The number of hydrogen-bond donors (Lipinski definition) is 0. The molecule has 2 heterocycles. The predicted octanol–water partition coefficient (Wildman–Crippen LogP) is 1.96. The van der Waals surface area contributed by atoms with Gasteiger partial charge < -0.3 is 9.15 Å². The molecule has 2 aromatic rings. The fourth-order valence-corrected chi connectivity index (χ4v) is 1.06. The third kappa shape index (κ3) is 2.10. The molecule has 2 rings (SSSR count). The van der Waals surface area contributed by atoms with Gasteiger partial charge in [0.2, 0.25) is 0 Å². The summed E-state index contributed by atoms with van der Waals surface area (Å²) in [5.41, 5.74) is 0. The summed E-state index contributed by atoms with van der Waals surface area (Å²) in [6.07, 6.45) is 5.01. The molecule has 72 valence electrons. The van der Waals surface area contributed by atoms with E-state index < -0.39 is 0 Å². The summed E-state index contributed by atoms with van der Waals surface area (Å²) in [7, 11) is 0. The van der Waals surface area contributed by atoms with Crippen LogP contribution in [0.15, 0.2) is 35.1 Å². The summed E-state index contributed by atoms with van der Waals surface area (Å²) in [5, 5.41) is 0. The molecule has 0 fully saturated rings. The Kier molecular flexibility index (Phi) is 2.44. The van der Waals surface area contributed by atoms with Crippen molar-refractivity contribution in [3.63, 3.8) is 0 Å². The first-order valence-electron chi connectivity index (χ1n) is 4.29. The summed E-state index contributed by atoms with van der Waals surface area (Å²) in [6.45, 7) is 2.18. The van der Waals surface area contributed by atoms with Gasteiger partial charge in [-0.05, 0) is 12.1 Å². The van der Waals surface area contributed by atoms with Crippen molar-refractivity contribution in [2.24, 2.45) is 0 Å². The number of aryl methyl sites for hydroxylation is 1. The molecule has 0 saturated carbocycles. The van der Waals surface area contributed by atoms with Crippen LogP contribution in [0.25, 0.3) is 0 Å². The second-order valence-corrected chi connectivity index (χ2v) is 2.82. The van der Waals surface area contributed by atoms with E-state index in [1.165, 1.54) is 0 Å². The highest BCUT2D eigenvalue weighted by Gasteiger charge is 2.00. The van der Waals surface area contributed by atoms with Crippen LogP contribution in [0.2, 0.25) is 0 Å². The lowest BCUT2D eigenvalue weighted by molar-refractivity contribution is 0.266. The lowest BCUT2D eigenvalue weighted by Crippen LogP contribution is -1.93. The van der Waals surface area contributed by atoms with Crippen molar-refractivity contribution in [2.45, 2.75) is 13.5 Å². The fourth-order valence-electron chi connectivity index (χ4n) is 1.06. The van der Waals surface area contributed by atoms with Crippen molar-refractivity contribution in [2.75, 3.05) is 0 Å². The molecule has 0 aromatic carbocycles. The van der Waals surface area contributed by atoms with Crippen LogP contribution in [-0.4, -0.2) is 9.97 Å². The highest BCUT2D eigenvalue weighted by atomic mass is 16.5. The van der Waals surface area contributed by atoms with E-state index in [1.54, 1.807) is 25.5 Å². The van der Waals surface area contributed by atoms with Crippen LogP contribution in [-0.2, 0) is 6.61 Å². The predicted molar refractivity (Wildman–Crippen MR) is 49.8 cm³/mol. The third-order valence-electron chi connectivity index (χ3n) is 1.68. The van der Waals surface area contributed by atoms with Crippen molar-refractivity contribution in [3.05, 3.63) is 42.4 Å². The average Bonchev–Trinajstić information content (AvgIpc) is 2.63. The Labute approximate surface area is 81.6 Å². The van der Waals surface area contributed by atoms with Crippen molar-refractivity contribution in [1.29, 1.82) is 0 Å². The molecule has 2 aromatic heterocycles. The monoisotopic (exact) mass is 190 g/mol. The van der Waals surface area contributed by atoms with Gasteiger partial charge in [0, 0.05) is 13.1 Å². The molecular weight excluding hydrogens is 180 g/mol. The van der Waals surface area contributed by atoms with E-state index in [2.05, 4.69) is 9.97 Å². The van der Waals surface area contributed by atoms with E-state index in [-0.39, 0.29) is 0 Å². The van der Waals surface area contributed by atoms with E-state index >= 15 is 0 Å². The van der Waals surface area contributed by atoms with Crippen molar-refractivity contribution in [1.82, 2.24) is 9.97 Å². The summed E-state index contributed by atoms with van der Waals surface area (Å²) < 4.78 is 10.7. The van der Waals surface area contributed by atoms with Gasteiger partial charge in [0.05, 0.1) is 12.4 Å². The van der Waals surface area contributed by atoms with Crippen LogP contribution in [0.1, 0.15) is 11.7 Å². The van der Waals surface area contributed by atoms with Gasteiger partial charge in [-0.2, -0.15) is 0 Å². The Balaban J connectivity index is 1.95. The Bertz CT molecular complexity index is 398. The zero-order valence-corrected chi connectivity index (χ0v) is 7.80. The Morgan fingerprint density at radius 1 is 1.43 bits per heavy atom. The highest BCUT2D eigenvalue weighted by Crippen LogP contribution is 2.10. The average molecular weight is 190 g/mol. The van der Waals surface area contributed by atoms with Gasteiger partial charge >= 0.3 is 0 Å². The molecule has 0 spiro atoms. The standard InChI is InChI=1S/C10H10N2O2/c1-8-12-6-10(14-8)7-13-9-3-2-4-11-5-9/h2-6H,7H2,1H3. The molecule has 0 saturated heterocycles. The van der Waals surface area contributed by atoms with Gasteiger partial charge in [-0.3, -0.25) is 4.98 Å². The lowest BCUT2D eigenvalue weighted by Gasteiger charge is -2.01. The number of ether oxygens (including phenoxy) is 1. The van der Waals surface area contributed by atoms with E-state index in [0.29, 0.717) is 18.3 Å². The molecule has 14 heavy (non-hydrogen) atoms. The van der Waals surface area contributed by atoms with Crippen molar-refractivity contribution >= 4 is 0 Å². The molecule has 0 aliphatic rings. The number of pyridine rings is 1. The SMILES string of the molecule is Cc1ncc(COc2cccnc2)o1. The minimum absolute atomic E-state index is 0.381. The third-order valence-corrected chi connectivity index (χ3v) is 1.68. The number of nitrogens with zero attached hydrogens (tertiary/aromatic N) is 2.